The van der Waals surface area contributed by atoms with E-state index in [0.717, 1.165) is 0 Å². The molecule has 21 heavy (non-hydrogen) atoms. The van der Waals surface area contributed by atoms with E-state index in [-0.39, 0.29) is 24.7 Å². The number of rotatable bonds is 5. The van der Waals surface area contributed by atoms with Crippen LogP contribution in [0.25, 0.3) is 11.5 Å². The van der Waals surface area contributed by atoms with Crippen LogP contribution in [-0.2, 0) is 11.2 Å². The Bertz CT molecular complexity index is 616. The SMILES string of the molecule is Nc1c(Cl)cccc1-c1nc(CCOCC(F)(F)F)no1. The van der Waals surface area contributed by atoms with Gasteiger partial charge in [-0.05, 0) is 12.1 Å². The zero-order valence-corrected chi connectivity index (χ0v) is 11.4. The minimum atomic E-state index is -4.35. The van der Waals surface area contributed by atoms with Crippen LogP contribution in [0.2, 0.25) is 5.02 Å². The molecule has 0 unspecified atom stereocenters. The molecule has 2 rings (SSSR count). The summed E-state index contributed by atoms with van der Waals surface area (Å²) >= 11 is 5.87. The number of alkyl halides is 3. The minimum absolute atomic E-state index is 0.0973. The summed E-state index contributed by atoms with van der Waals surface area (Å²) in [6.07, 6.45) is -4.25. The number of ether oxygens (including phenoxy) is 1. The summed E-state index contributed by atoms with van der Waals surface area (Å²) < 4.78 is 45.1. The lowest BCUT2D eigenvalue weighted by Gasteiger charge is -2.05. The summed E-state index contributed by atoms with van der Waals surface area (Å²) in [4.78, 5) is 4.04. The van der Waals surface area contributed by atoms with Gasteiger partial charge in [0.1, 0.15) is 6.61 Å². The van der Waals surface area contributed by atoms with Crippen molar-refractivity contribution in [2.24, 2.45) is 0 Å². The smallest absolute Gasteiger partial charge is 0.397 e. The number of hydrogen-bond acceptors (Lipinski definition) is 5. The van der Waals surface area contributed by atoms with Crippen molar-refractivity contribution < 1.29 is 22.4 Å². The lowest BCUT2D eigenvalue weighted by molar-refractivity contribution is -0.173. The minimum Gasteiger partial charge on any atom is -0.397 e. The third-order valence-electron chi connectivity index (χ3n) is 2.49. The normalized spacial score (nSPS) is 11.8. The number of benzene rings is 1. The van der Waals surface area contributed by atoms with Gasteiger partial charge in [0, 0.05) is 6.42 Å². The van der Waals surface area contributed by atoms with Crippen LogP contribution in [-0.4, -0.2) is 29.5 Å². The Hall–Kier alpha value is -1.80. The van der Waals surface area contributed by atoms with Crippen LogP contribution in [0.3, 0.4) is 0 Å². The maximum atomic E-state index is 11.9. The van der Waals surface area contributed by atoms with E-state index in [0.29, 0.717) is 16.3 Å². The fourth-order valence-electron chi connectivity index (χ4n) is 1.54. The number of aromatic nitrogens is 2. The predicted molar refractivity (Wildman–Crippen MR) is 69.7 cm³/mol. The van der Waals surface area contributed by atoms with Crippen molar-refractivity contribution in [1.82, 2.24) is 10.1 Å². The molecule has 0 bridgehead atoms. The van der Waals surface area contributed by atoms with Crippen LogP contribution < -0.4 is 5.73 Å². The maximum absolute atomic E-state index is 11.9. The number of hydrogen-bond donors (Lipinski definition) is 1. The first-order valence-electron chi connectivity index (χ1n) is 5.88. The largest absolute Gasteiger partial charge is 0.411 e. The molecule has 0 saturated heterocycles. The molecule has 1 heterocycles. The van der Waals surface area contributed by atoms with Crippen molar-refractivity contribution in [3.63, 3.8) is 0 Å². The van der Waals surface area contributed by atoms with Gasteiger partial charge in [-0.3, -0.25) is 0 Å². The Balaban J connectivity index is 1.97. The summed E-state index contributed by atoms with van der Waals surface area (Å²) in [5.41, 5.74) is 6.55. The quantitative estimate of drug-likeness (QED) is 0.676. The molecule has 2 N–H and O–H groups in total. The second-order valence-corrected chi connectivity index (χ2v) is 4.54. The number of nitrogens with zero attached hydrogens (tertiary/aromatic N) is 2. The molecule has 2 aromatic rings. The van der Waals surface area contributed by atoms with E-state index in [1.807, 2.05) is 0 Å². The first kappa shape index (κ1) is 15.6. The van der Waals surface area contributed by atoms with Crippen LogP contribution in [0, 0.1) is 0 Å². The summed E-state index contributed by atoms with van der Waals surface area (Å²) in [5.74, 6) is 0.382. The number of nitrogens with two attached hydrogens (primary N) is 1. The Morgan fingerprint density at radius 1 is 1.33 bits per heavy atom. The molecule has 0 saturated carbocycles. The summed E-state index contributed by atoms with van der Waals surface area (Å²) in [7, 11) is 0. The van der Waals surface area contributed by atoms with E-state index in [9.17, 15) is 13.2 Å². The van der Waals surface area contributed by atoms with Gasteiger partial charge < -0.3 is 15.0 Å². The van der Waals surface area contributed by atoms with Crippen molar-refractivity contribution in [3.8, 4) is 11.5 Å². The van der Waals surface area contributed by atoms with E-state index in [2.05, 4.69) is 14.9 Å². The Morgan fingerprint density at radius 3 is 2.81 bits per heavy atom. The molecule has 0 aliphatic carbocycles. The van der Waals surface area contributed by atoms with Crippen LogP contribution in [0.1, 0.15) is 5.82 Å². The topological polar surface area (TPSA) is 74.2 Å². The highest BCUT2D eigenvalue weighted by Gasteiger charge is 2.27. The molecular weight excluding hydrogens is 311 g/mol. The van der Waals surface area contributed by atoms with Crippen molar-refractivity contribution in [1.29, 1.82) is 0 Å². The highest BCUT2D eigenvalue weighted by molar-refractivity contribution is 6.33. The van der Waals surface area contributed by atoms with Gasteiger partial charge in [-0.1, -0.05) is 22.8 Å². The van der Waals surface area contributed by atoms with Gasteiger partial charge in [-0.25, -0.2) is 0 Å². The number of nitrogen functional groups attached to an aromatic ring is 1. The van der Waals surface area contributed by atoms with Crippen molar-refractivity contribution >= 4 is 17.3 Å². The summed E-state index contributed by atoms with van der Waals surface area (Å²) in [6, 6.07) is 4.94. The predicted octanol–water partition coefficient (Wildman–Crippen LogP) is 3.09. The molecule has 1 aromatic carbocycles. The Morgan fingerprint density at radius 2 is 2.10 bits per heavy atom. The zero-order valence-electron chi connectivity index (χ0n) is 10.7. The first-order valence-corrected chi connectivity index (χ1v) is 6.26. The van der Waals surface area contributed by atoms with E-state index < -0.39 is 12.8 Å². The molecule has 0 aliphatic heterocycles. The molecule has 5 nitrogen and oxygen atoms in total. The maximum Gasteiger partial charge on any atom is 0.411 e. The molecular formula is C12H11ClF3N3O2. The van der Waals surface area contributed by atoms with Gasteiger partial charge in [0.05, 0.1) is 22.9 Å². The fourth-order valence-corrected chi connectivity index (χ4v) is 1.71. The molecule has 1 aromatic heterocycles. The van der Waals surface area contributed by atoms with Crippen molar-refractivity contribution in [2.45, 2.75) is 12.6 Å². The second-order valence-electron chi connectivity index (χ2n) is 4.13. The highest BCUT2D eigenvalue weighted by Crippen LogP contribution is 2.30. The summed E-state index contributed by atoms with van der Waals surface area (Å²) in [5, 5.41) is 4.00. The van der Waals surface area contributed by atoms with E-state index in [1.165, 1.54) is 0 Å². The third kappa shape index (κ3) is 4.33. The first-order chi connectivity index (χ1) is 9.87. The number of anilines is 1. The van der Waals surface area contributed by atoms with Crippen molar-refractivity contribution in [3.05, 3.63) is 29.0 Å². The molecule has 114 valence electrons. The average Bonchev–Trinajstić information content (AvgIpc) is 2.85. The van der Waals surface area contributed by atoms with Gasteiger partial charge in [-0.2, -0.15) is 18.2 Å². The van der Waals surface area contributed by atoms with Crippen LogP contribution in [0.15, 0.2) is 22.7 Å². The Kier molecular flexibility index (Phi) is 4.69. The summed E-state index contributed by atoms with van der Waals surface area (Å²) in [6.45, 7) is -1.47. The van der Waals surface area contributed by atoms with Gasteiger partial charge >= 0.3 is 6.18 Å². The lowest BCUT2D eigenvalue weighted by atomic mass is 10.2. The monoisotopic (exact) mass is 321 g/mol. The van der Waals surface area contributed by atoms with Crippen molar-refractivity contribution in [2.75, 3.05) is 18.9 Å². The molecule has 0 spiro atoms. The van der Waals surface area contributed by atoms with Gasteiger partial charge in [-0.15, -0.1) is 0 Å². The lowest BCUT2D eigenvalue weighted by Crippen LogP contribution is -2.18. The average molecular weight is 322 g/mol. The molecule has 9 heteroatoms. The fraction of sp³-hybridized carbons (Fsp3) is 0.333. The van der Waals surface area contributed by atoms with E-state index >= 15 is 0 Å². The Labute approximate surface area is 122 Å². The third-order valence-corrected chi connectivity index (χ3v) is 2.82. The zero-order chi connectivity index (χ0) is 15.5. The van der Waals surface area contributed by atoms with Crippen LogP contribution in [0.5, 0.6) is 0 Å². The molecule has 0 radical (unpaired) electrons. The second kappa shape index (κ2) is 6.31. The molecule has 0 fully saturated rings. The van der Waals surface area contributed by atoms with E-state index in [4.69, 9.17) is 21.9 Å². The van der Waals surface area contributed by atoms with E-state index in [1.54, 1.807) is 18.2 Å². The number of para-hydroxylation sites is 1. The highest BCUT2D eigenvalue weighted by atomic mass is 35.5. The standard InChI is InChI=1S/C12H11ClF3N3O2/c13-8-3-1-2-7(10(8)17)11-18-9(19-21-11)4-5-20-6-12(14,15)16/h1-3H,4-6,17H2. The van der Waals surface area contributed by atoms with Gasteiger partial charge in [0.15, 0.2) is 5.82 Å². The van der Waals surface area contributed by atoms with Crippen LogP contribution >= 0.6 is 11.6 Å². The van der Waals surface area contributed by atoms with Gasteiger partial charge in [0.25, 0.3) is 5.89 Å². The molecule has 0 atom stereocenters. The number of halogens is 4. The molecule has 0 amide bonds. The molecule has 0 aliphatic rings. The van der Waals surface area contributed by atoms with Crippen LogP contribution in [0.4, 0.5) is 18.9 Å². The van der Waals surface area contributed by atoms with Gasteiger partial charge in [0.2, 0.25) is 0 Å².